The summed E-state index contributed by atoms with van der Waals surface area (Å²) in [4.78, 5) is 0. The predicted octanol–water partition coefficient (Wildman–Crippen LogP) is 2.11. The summed E-state index contributed by atoms with van der Waals surface area (Å²) in [7, 11) is -1.22. The summed E-state index contributed by atoms with van der Waals surface area (Å²) in [5.41, 5.74) is 0. The molecule has 0 aromatic heterocycles. The van der Waals surface area contributed by atoms with E-state index >= 15 is 0 Å². The maximum absolute atomic E-state index is 8.23. The predicted molar refractivity (Wildman–Crippen MR) is 37.0 cm³/mol. The van der Waals surface area contributed by atoms with Gasteiger partial charge in [0, 0.05) is 5.92 Å². The number of rotatable bonds is 2. The van der Waals surface area contributed by atoms with Gasteiger partial charge in [-0.15, -0.1) is 22.2 Å². The van der Waals surface area contributed by atoms with Gasteiger partial charge < -0.3 is 0 Å². The van der Waals surface area contributed by atoms with E-state index in [-0.39, 0.29) is 5.92 Å². The minimum Gasteiger partial charge on any atom is -0.198 e. The smallest absolute Gasteiger partial charge is 0.198 e. The zero-order valence-corrected chi connectivity index (χ0v) is 7.00. The molecule has 8 heavy (non-hydrogen) atoms. The Bertz CT molecular complexity index is 98.7. The fourth-order valence-corrected chi connectivity index (χ4v) is 2.22. The topological polar surface area (TPSA) is 23.8 Å². The van der Waals surface area contributed by atoms with E-state index in [1.165, 1.54) is 0 Å². The van der Waals surface area contributed by atoms with Crippen molar-refractivity contribution < 1.29 is 0 Å². The number of nitriles is 1. The van der Waals surface area contributed by atoms with Gasteiger partial charge in [-0.25, -0.2) is 0 Å². The van der Waals surface area contributed by atoms with Crippen molar-refractivity contribution in [2.24, 2.45) is 5.92 Å². The lowest BCUT2D eigenvalue weighted by Crippen LogP contribution is -1.98. The fourth-order valence-electron chi connectivity index (χ4n) is 0.277. The van der Waals surface area contributed by atoms with Gasteiger partial charge >= 0.3 is 0 Å². The van der Waals surface area contributed by atoms with Crippen molar-refractivity contribution >= 4 is 29.6 Å². The van der Waals surface area contributed by atoms with Crippen molar-refractivity contribution in [3.8, 4) is 6.07 Å². The molecule has 0 saturated carbocycles. The summed E-state index contributed by atoms with van der Waals surface area (Å²) in [5, 5.41) is 8.23. The van der Waals surface area contributed by atoms with Crippen LogP contribution in [0.2, 0.25) is 6.04 Å². The van der Waals surface area contributed by atoms with Crippen LogP contribution in [0.5, 0.6) is 0 Å². The second-order valence-electron chi connectivity index (χ2n) is 1.57. The van der Waals surface area contributed by atoms with E-state index in [1.807, 2.05) is 6.92 Å². The van der Waals surface area contributed by atoms with Gasteiger partial charge in [0.1, 0.15) is 0 Å². The summed E-state index contributed by atoms with van der Waals surface area (Å²) in [5.74, 6) is 0.0129. The summed E-state index contributed by atoms with van der Waals surface area (Å²) in [6.45, 7) is 1.81. The van der Waals surface area contributed by atoms with E-state index < -0.39 is 7.42 Å². The molecule has 0 fully saturated rings. The Labute approximate surface area is 60.2 Å². The van der Waals surface area contributed by atoms with Crippen LogP contribution >= 0.6 is 22.2 Å². The summed E-state index contributed by atoms with van der Waals surface area (Å²) >= 11 is 10.9. The van der Waals surface area contributed by atoms with Crippen molar-refractivity contribution in [2.45, 2.75) is 13.0 Å². The van der Waals surface area contributed by atoms with Crippen LogP contribution in [0.25, 0.3) is 0 Å². The molecule has 0 amide bonds. The first-order chi connectivity index (χ1) is 3.66. The van der Waals surface area contributed by atoms with Crippen molar-refractivity contribution in [2.75, 3.05) is 0 Å². The molecule has 0 spiro atoms. The van der Waals surface area contributed by atoms with Gasteiger partial charge in [-0.1, -0.05) is 0 Å². The lowest BCUT2D eigenvalue weighted by Gasteiger charge is -1.96. The lowest BCUT2D eigenvalue weighted by atomic mass is 10.3. The Morgan fingerprint density at radius 2 is 2.25 bits per heavy atom. The van der Waals surface area contributed by atoms with Crippen LogP contribution in [0.15, 0.2) is 0 Å². The molecular formula is C4H6Cl2NSi. The van der Waals surface area contributed by atoms with Crippen LogP contribution in [0.1, 0.15) is 6.92 Å². The van der Waals surface area contributed by atoms with E-state index in [0.717, 1.165) is 0 Å². The molecule has 1 nitrogen and oxygen atoms in total. The van der Waals surface area contributed by atoms with Gasteiger partial charge in [0.2, 0.25) is 0 Å². The standard InChI is InChI=1S/C4H6Cl2NSi/c1-4(2-7)3-8(5)6/h4H,3H2,1H3. The molecule has 0 aromatic rings. The van der Waals surface area contributed by atoms with Crippen molar-refractivity contribution in [1.29, 1.82) is 5.26 Å². The van der Waals surface area contributed by atoms with E-state index in [9.17, 15) is 0 Å². The van der Waals surface area contributed by atoms with E-state index in [4.69, 9.17) is 27.4 Å². The quantitative estimate of drug-likeness (QED) is 0.456. The molecule has 0 N–H and O–H groups in total. The highest BCUT2D eigenvalue weighted by atomic mass is 35.7. The monoisotopic (exact) mass is 166 g/mol. The third-order valence-electron chi connectivity index (χ3n) is 0.681. The van der Waals surface area contributed by atoms with E-state index in [2.05, 4.69) is 6.07 Å². The molecular weight excluding hydrogens is 161 g/mol. The molecule has 0 aromatic carbocycles. The first kappa shape index (κ1) is 8.29. The SMILES string of the molecule is CC(C#N)C[Si](Cl)Cl. The Kier molecular flexibility index (Phi) is 4.34. The molecule has 1 unspecified atom stereocenters. The number of nitrogens with zero attached hydrogens (tertiary/aromatic N) is 1. The summed E-state index contributed by atoms with van der Waals surface area (Å²) in [6, 6.07) is 2.71. The van der Waals surface area contributed by atoms with Gasteiger partial charge in [-0.05, 0) is 13.0 Å². The van der Waals surface area contributed by atoms with Crippen LogP contribution in [-0.4, -0.2) is 7.42 Å². The lowest BCUT2D eigenvalue weighted by molar-refractivity contribution is 0.843. The summed E-state index contributed by atoms with van der Waals surface area (Å²) < 4.78 is 0. The van der Waals surface area contributed by atoms with Crippen molar-refractivity contribution in [1.82, 2.24) is 0 Å². The highest BCUT2D eigenvalue weighted by molar-refractivity contribution is 7.33. The Morgan fingerprint density at radius 1 is 1.75 bits per heavy atom. The van der Waals surface area contributed by atoms with Crippen LogP contribution in [0.3, 0.4) is 0 Å². The molecule has 45 valence electrons. The van der Waals surface area contributed by atoms with Crippen LogP contribution in [0, 0.1) is 17.2 Å². The molecule has 1 radical (unpaired) electrons. The summed E-state index contributed by atoms with van der Waals surface area (Å²) in [6.07, 6.45) is 0. The third-order valence-corrected chi connectivity index (χ3v) is 2.53. The molecule has 0 saturated heterocycles. The van der Waals surface area contributed by atoms with Crippen LogP contribution in [0.4, 0.5) is 0 Å². The molecule has 0 aliphatic carbocycles. The minimum absolute atomic E-state index is 0.0129. The molecule has 1 atom stereocenters. The van der Waals surface area contributed by atoms with Gasteiger partial charge in [-0.2, -0.15) is 5.26 Å². The maximum atomic E-state index is 8.23. The van der Waals surface area contributed by atoms with E-state index in [1.54, 1.807) is 0 Å². The maximum Gasteiger partial charge on any atom is 0.275 e. The van der Waals surface area contributed by atoms with Gasteiger partial charge in [0.25, 0.3) is 7.42 Å². The third kappa shape index (κ3) is 4.45. The van der Waals surface area contributed by atoms with Crippen molar-refractivity contribution in [3.63, 3.8) is 0 Å². The van der Waals surface area contributed by atoms with Crippen molar-refractivity contribution in [3.05, 3.63) is 0 Å². The Hall–Kier alpha value is 0.287. The molecule has 0 bridgehead atoms. The number of hydrogen-bond donors (Lipinski definition) is 0. The first-order valence-corrected chi connectivity index (χ1v) is 5.96. The van der Waals surface area contributed by atoms with Crippen LogP contribution in [-0.2, 0) is 0 Å². The Morgan fingerprint density at radius 3 is 2.38 bits per heavy atom. The normalized spacial score (nSPS) is 13.4. The molecule has 0 heterocycles. The fraction of sp³-hybridized carbons (Fsp3) is 0.750. The minimum atomic E-state index is -1.22. The number of hydrogen-bond acceptors (Lipinski definition) is 1. The highest BCUT2D eigenvalue weighted by Crippen LogP contribution is 2.10. The molecule has 0 rings (SSSR count). The molecule has 0 aliphatic heterocycles. The van der Waals surface area contributed by atoms with Gasteiger partial charge in [0.05, 0.1) is 6.07 Å². The zero-order valence-electron chi connectivity index (χ0n) is 4.49. The average molecular weight is 167 g/mol. The Balaban J connectivity index is 3.28. The van der Waals surface area contributed by atoms with Gasteiger partial charge in [-0.3, -0.25) is 0 Å². The van der Waals surface area contributed by atoms with E-state index in [0.29, 0.717) is 6.04 Å². The zero-order chi connectivity index (χ0) is 6.57. The van der Waals surface area contributed by atoms with Crippen LogP contribution < -0.4 is 0 Å². The second kappa shape index (κ2) is 4.19. The van der Waals surface area contributed by atoms with Gasteiger partial charge in [0.15, 0.2) is 0 Å². The second-order valence-corrected chi connectivity index (χ2v) is 5.98. The average Bonchev–Trinajstić information content (AvgIpc) is 1.65. The molecule has 4 heteroatoms. The first-order valence-electron chi connectivity index (χ1n) is 2.23. The largest absolute Gasteiger partial charge is 0.275 e. The number of halogens is 2. The molecule has 0 aliphatic rings. The highest BCUT2D eigenvalue weighted by Gasteiger charge is 2.08.